The number of rotatable bonds is 2. The van der Waals surface area contributed by atoms with Crippen LogP contribution in [0.25, 0.3) is 4.85 Å². The van der Waals surface area contributed by atoms with Gasteiger partial charge in [0, 0.05) is 5.92 Å². The summed E-state index contributed by atoms with van der Waals surface area (Å²) in [6.07, 6.45) is 0. The van der Waals surface area contributed by atoms with Crippen molar-refractivity contribution in [3.63, 3.8) is 0 Å². The number of hydrogen-bond donors (Lipinski definition) is 0. The molecule has 2 heteroatoms. The Morgan fingerprint density at radius 1 is 1.23 bits per heavy atom. The van der Waals surface area contributed by atoms with Gasteiger partial charge in [0.05, 0.1) is 12.3 Å². The predicted molar refractivity (Wildman–Crippen MR) is 53.1 cm³/mol. The molecule has 0 unspecified atom stereocenters. The summed E-state index contributed by atoms with van der Waals surface area (Å²) in [7, 11) is 0. The molecule has 13 heavy (non-hydrogen) atoms. The minimum atomic E-state index is 0.355. The molecule has 0 aliphatic rings. The molecule has 1 rings (SSSR count). The number of furan rings is 1. The van der Waals surface area contributed by atoms with Gasteiger partial charge in [-0.05, 0) is 17.5 Å². The SMILES string of the molecule is [C-]#[N+]c1cc(C(C)C)c(C(C)C)o1. The van der Waals surface area contributed by atoms with Gasteiger partial charge in [-0.3, -0.25) is 0 Å². The van der Waals surface area contributed by atoms with Crippen molar-refractivity contribution in [3.8, 4) is 0 Å². The van der Waals surface area contributed by atoms with Gasteiger partial charge in [-0.15, -0.1) is 0 Å². The van der Waals surface area contributed by atoms with Crippen LogP contribution in [0, 0.1) is 6.57 Å². The molecule has 0 spiro atoms. The normalized spacial score (nSPS) is 10.8. The fraction of sp³-hybridized carbons (Fsp3) is 0.545. The Hall–Kier alpha value is -1.23. The quantitative estimate of drug-likeness (QED) is 0.622. The summed E-state index contributed by atoms with van der Waals surface area (Å²) in [5.41, 5.74) is 1.17. The third-order valence-electron chi connectivity index (χ3n) is 2.03. The minimum Gasteiger partial charge on any atom is -0.484 e. The molecule has 0 saturated carbocycles. The summed E-state index contributed by atoms with van der Waals surface area (Å²) >= 11 is 0. The predicted octanol–water partition coefficient (Wildman–Crippen LogP) is 4.08. The average molecular weight is 177 g/mol. The van der Waals surface area contributed by atoms with Crippen LogP contribution in [0.15, 0.2) is 10.5 Å². The van der Waals surface area contributed by atoms with Crippen molar-refractivity contribution in [3.05, 3.63) is 28.8 Å². The summed E-state index contributed by atoms with van der Waals surface area (Å²) in [5.74, 6) is 2.15. The van der Waals surface area contributed by atoms with Crippen molar-refractivity contribution in [1.82, 2.24) is 0 Å². The zero-order chi connectivity index (χ0) is 10.0. The van der Waals surface area contributed by atoms with E-state index < -0.39 is 0 Å². The Balaban J connectivity index is 3.17. The summed E-state index contributed by atoms with van der Waals surface area (Å²) in [4.78, 5) is 3.30. The summed E-state index contributed by atoms with van der Waals surface area (Å²) in [5, 5.41) is 0. The van der Waals surface area contributed by atoms with E-state index >= 15 is 0 Å². The second-order valence-corrected chi connectivity index (χ2v) is 3.83. The van der Waals surface area contributed by atoms with Gasteiger partial charge in [0.25, 0.3) is 0 Å². The maximum absolute atomic E-state index is 6.87. The molecular weight excluding hydrogens is 162 g/mol. The largest absolute Gasteiger partial charge is 0.484 e. The van der Waals surface area contributed by atoms with E-state index in [1.165, 1.54) is 5.56 Å². The highest BCUT2D eigenvalue weighted by molar-refractivity contribution is 5.41. The lowest BCUT2D eigenvalue weighted by Crippen LogP contribution is -1.93. The van der Waals surface area contributed by atoms with Crippen LogP contribution in [0.4, 0.5) is 5.88 Å². The first-order valence-electron chi connectivity index (χ1n) is 4.57. The van der Waals surface area contributed by atoms with E-state index in [0.29, 0.717) is 17.7 Å². The van der Waals surface area contributed by atoms with Gasteiger partial charge >= 0.3 is 5.88 Å². The number of hydrogen-bond acceptors (Lipinski definition) is 1. The zero-order valence-electron chi connectivity index (χ0n) is 8.59. The summed E-state index contributed by atoms with van der Waals surface area (Å²) < 4.78 is 5.43. The van der Waals surface area contributed by atoms with Gasteiger partial charge < -0.3 is 4.42 Å². The Bertz CT molecular complexity index is 303. The van der Waals surface area contributed by atoms with Crippen LogP contribution in [-0.4, -0.2) is 0 Å². The highest BCUT2D eigenvalue weighted by Crippen LogP contribution is 2.32. The Morgan fingerprint density at radius 3 is 2.15 bits per heavy atom. The van der Waals surface area contributed by atoms with Crippen molar-refractivity contribution in [2.45, 2.75) is 39.5 Å². The van der Waals surface area contributed by atoms with E-state index in [4.69, 9.17) is 11.0 Å². The Labute approximate surface area is 79.4 Å². The van der Waals surface area contributed by atoms with Crippen LogP contribution in [0.5, 0.6) is 0 Å². The van der Waals surface area contributed by atoms with Gasteiger partial charge in [0.15, 0.2) is 0 Å². The molecular formula is C11H15NO. The molecule has 0 aliphatic carbocycles. The third kappa shape index (κ3) is 1.92. The Morgan fingerprint density at radius 2 is 1.85 bits per heavy atom. The molecule has 0 fully saturated rings. The van der Waals surface area contributed by atoms with Gasteiger partial charge in [0.2, 0.25) is 0 Å². The molecule has 70 valence electrons. The van der Waals surface area contributed by atoms with Gasteiger partial charge in [-0.1, -0.05) is 27.7 Å². The van der Waals surface area contributed by atoms with Crippen LogP contribution < -0.4 is 0 Å². The highest BCUT2D eigenvalue weighted by atomic mass is 16.4. The molecule has 0 atom stereocenters. The Kier molecular flexibility index (Phi) is 2.77. The topological polar surface area (TPSA) is 17.5 Å². The smallest absolute Gasteiger partial charge is 0.346 e. The molecule has 0 aromatic carbocycles. The van der Waals surface area contributed by atoms with E-state index in [2.05, 4.69) is 32.5 Å². The second kappa shape index (κ2) is 3.66. The highest BCUT2D eigenvalue weighted by Gasteiger charge is 2.15. The van der Waals surface area contributed by atoms with Crippen molar-refractivity contribution in [1.29, 1.82) is 0 Å². The second-order valence-electron chi connectivity index (χ2n) is 3.83. The maximum atomic E-state index is 6.87. The minimum absolute atomic E-state index is 0.355. The lowest BCUT2D eigenvalue weighted by atomic mass is 9.98. The van der Waals surface area contributed by atoms with Crippen LogP contribution in [-0.2, 0) is 0 Å². The summed E-state index contributed by atoms with van der Waals surface area (Å²) in [6.45, 7) is 15.3. The lowest BCUT2D eigenvalue weighted by Gasteiger charge is -2.08. The molecule has 0 aliphatic heterocycles. The first-order chi connectivity index (χ1) is 6.06. The van der Waals surface area contributed by atoms with Crippen molar-refractivity contribution < 1.29 is 4.42 Å². The van der Waals surface area contributed by atoms with E-state index in [1.54, 1.807) is 0 Å². The molecule has 0 radical (unpaired) electrons. The monoisotopic (exact) mass is 177 g/mol. The van der Waals surface area contributed by atoms with E-state index in [1.807, 2.05) is 6.07 Å². The molecule has 2 nitrogen and oxygen atoms in total. The molecule has 1 heterocycles. The maximum Gasteiger partial charge on any atom is 0.346 e. The number of nitrogens with zero attached hydrogens (tertiary/aromatic N) is 1. The van der Waals surface area contributed by atoms with Crippen LogP contribution in [0.3, 0.4) is 0 Å². The standard InChI is InChI=1S/C11H15NO/c1-7(2)9-6-10(12-5)13-11(9)8(3)4/h6-8H,1-4H3. The first-order valence-corrected chi connectivity index (χ1v) is 4.57. The first kappa shape index (κ1) is 9.85. The molecule has 0 bridgehead atoms. The van der Waals surface area contributed by atoms with Gasteiger partial charge in [0.1, 0.15) is 0 Å². The van der Waals surface area contributed by atoms with Crippen LogP contribution >= 0.6 is 0 Å². The van der Waals surface area contributed by atoms with E-state index in [9.17, 15) is 0 Å². The van der Waals surface area contributed by atoms with Gasteiger partial charge in [-0.2, -0.15) is 4.85 Å². The summed E-state index contributed by atoms with van der Waals surface area (Å²) in [6, 6.07) is 1.85. The third-order valence-corrected chi connectivity index (χ3v) is 2.03. The fourth-order valence-electron chi connectivity index (χ4n) is 1.36. The molecule has 0 saturated heterocycles. The van der Waals surface area contributed by atoms with Crippen LogP contribution in [0.1, 0.15) is 50.9 Å². The van der Waals surface area contributed by atoms with E-state index in [0.717, 1.165) is 5.76 Å². The van der Waals surface area contributed by atoms with Crippen LogP contribution in [0.2, 0.25) is 0 Å². The molecule has 1 aromatic rings. The van der Waals surface area contributed by atoms with Crippen molar-refractivity contribution >= 4 is 5.88 Å². The average Bonchev–Trinajstić information content (AvgIpc) is 2.47. The van der Waals surface area contributed by atoms with Crippen molar-refractivity contribution in [2.24, 2.45) is 0 Å². The fourth-order valence-corrected chi connectivity index (χ4v) is 1.36. The molecule has 1 aromatic heterocycles. The van der Waals surface area contributed by atoms with E-state index in [-0.39, 0.29) is 0 Å². The lowest BCUT2D eigenvalue weighted by molar-refractivity contribution is 0.496. The van der Waals surface area contributed by atoms with Crippen molar-refractivity contribution in [2.75, 3.05) is 0 Å². The van der Waals surface area contributed by atoms with Gasteiger partial charge in [-0.25, -0.2) is 0 Å². The molecule has 0 N–H and O–H groups in total. The zero-order valence-corrected chi connectivity index (χ0v) is 8.59. The molecule has 0 amide bonds.